The summed E-state index contributed by atoms with van der Waals surface area (Å²) in [5, 5.41) is 4.92. The van der Waals surface area contributed by atoms with Crippen molar-refractivity contribution in [3.05, 3.63) is 70.6 Å². The number of carbonyl (C=O) groups excluding carboxylic acids is 1. The van der Waals surface area contributed by atoms with Gasteiger partial charge in [0.1, 0.15) is 5.82 Å². The molecule has 3 aromatic rings. The van der Waals surface area contributed by atoms with Gasteiger partial charge in [-0.1, -0.05) is 23.7 Å². The molecule has 0 spiro atoms. The Bertz CT molecular complexity index is 1040. The smallest absolute Gasteiger partial charge is 0.223 e. The van der Waals surface area contributed by atoms with E-state index in [0.29, 0.717) is 6.54 Å². The van der Waals surface area contributed by atoms with Crippen molar-refractivity contribution in [2.45, 2.75) is 39.4 Å². The van der Waals surface area contributed by atoms with Gasteiger partial charge in [0.05, 0.1) is 0 Å². The lowest BCUT2D eigenvalue weighted by atomic mass is 9.95. The van der Waals surface area contributed by atoms with Crippen molar-refractivity contribution < 1.29 is 9.18 Å². The summed E-state index contributed by atoms with van der Waals surface area (Å²) in [7, 11) is 0. The van der Waals surface area contributed by atoms with E-state index in [-0.39, 0.29) is 17.6 Å². The van der Waals surface area contributed by atoms with Crippen LogP contribution in [0.2, 0.25) is 5.02 Å². The van der Waals surface area contributed by atoms with Crippen molar-refractivity contribution >= 4 is 28.4 Å². The van der Waals surface area contributed by atoms with Crippen LogP contribution in [0.25, 0.3) is 10.9 Å². The number of nitrogens with one attached hydrogen (secondary N) is 1. The number of nitrogens with zero attached hydrogens (tertiary/aromatic N) is 2. The monoisotopic (exact) mass is 427 g/mol. The highest BCUT2D eigenvalue weighted by Crippen LogP contribution is 2.27. The third kappa shape index (κ3) is 4.68. The number of hydrogen-bond donors (Lipinski definition) is 1. The molecule has 0 bridgehead atoms. The van der Waals surface area contributed by atoms with Crippen LogP contribution in [0.4, 0.5) is 4.39 Å². The highest BCUT2D eigenvalue weighted by molar-refractivity contribution is 6.31. The Morgan fingerprint density at radius 1 is 1.20 bits per heavy atom. The lowest BCUT2D eigenvalue weighted by Gasteiger charge is -2.31. The van der Waals surface area contributed by atoms with Crippen LogP contribution in [0.3, 0.4) is 0 Å². The summed E-state index contributed by atoms with van der Waals surface area (Å²) < 4.78 is 15.5. The normalized spacial score (nSPS) is 15.6. The second-order valence-corrected chi connectivity index (χ2v) is 8.44. The second kappa shape index (κ2) is 9.19. The number of likely N-dealkylation sites (tertiary alicyclic amines) is 1. The Kier molecular flexibility index (Phi) is 6.40. The summed E-state index contributed by atoms with van der Waals surface area (Å²) in [4.78, 5) is 14.9. The molecule has 1 fully saturated rings. The van der Waals surface area contributed by atoms with Gasteiger partial charge in [-0.3, -0.25) is 9.69 Å². The standard InChI is InChI=1S/C24H27ClFN3O/c1-2-29-16-19(22-13-20(25)6-7-23(22)29)15-28-10-8-18(9-11-28)24(30)27-14-17-4-3-5-21(26)12-17/h3-7,12-13,16,18H,2,8-11,14-15H2,1H3,(H,27,30). The molecule has 1 amide bonds. The van der Waals surface area contributed by atoms with Crippen LogP contribution in [0, 0.1) is 11.7 Å². The number of hydrogen-bond acceptors (Lipinski definition) is 2. The number of piperidine rings is 1. The van der Waals surface area contributed by atoms with Gasteiger partial charge >= 0.3 is 0 Å². The predicted molar refractivity (Wildman–Crippen MR) is 119 cm³/mol. The van der Waals surface area contributed by atoms with Crippen LogP contribution in [-0.4, -0.2) is 28.5 Å². The Balaban J connectivity index is 1.33. The van der Waals surface area contributed by atoms with E-state index in [9.17, 15) is 9.18 Å². The third-order valence-electron chi connectivity index (χ3n) is 5.97. The number of halogens is 2. The number of carbonyl (C=O) groups is 1. The summed E-state index contributed by atoms with van der Waals surface area (Å²) >= 11 is 6.23. The van der Waals surface area contributed by atoms with Gasteiger partial charge in [-0.2, -0.15) is 0 Å². The zero-order valence-electron chi connectivity index (χ0n) is 17.2. The Labute approximate surface area is 181 Å². The van der Waals surface area contributed by atoms with Gasteiger partial charge in [0.25, 0.3) is 0 Å². The summed E-state index contributed by atoms with van der Waals surface area (Å²) in [5.41, 5.74) is 3.28. The molecular formula is C24H27ClFN3O. The lowest BCUT2D eigenvalue weighted by molar-refractivity contribution is -0.126. The van der Waals surface area contributed by atoms with E-state index >= 15 is 0 Å². The van der Waals surface area contributed by atoms with E-state index in [2.05, 4.69) is 34.0 Å². The molecule has 0 saturated carbocycles. The first kappa shape index (κ1) is 20.9. The van der Waals surface area contributed by atoms with Crippen LogP contribution in [0.5, 0.6) is 0 Å². The minimum Gasteiger partial charge on any atom is -0.352 e. The van der Waals surface area contributed by atoms with Crippen molar-refractivity contribution in [2.75, 3.05) is 13.1 Å². The zero-order valence-corrected chi connectivity index (χ0v) is 18.0. The highest BCUT2D eigenvalue weighted by atomic mass is 35.5. The molecule has 4 rings (SSSR count). The maximum absolute atomic E-state index is 13.3. The molecule has 1 aliphatic rings. The zero-order chi connectivity index (χ0) is 21.1. The van der Waals surface area contributed by atoms with Gasteiger partial charge in [-0.25, -0.2) is 4.39 Å². The predicted octanol–water partition coefficient (Wildman–Crippen LogP) is 4.98. The van der Waals surface area contributed by atoms with Crippen molar-refractivity contribution in [1.29, 1.82) is 0 Å². The van der Waals surface area contributed by atoms with Gasteiger partial charge in [-0.05, 0) is 74.3 Å². The van der Waals surface area contributed by atoms with E-state index < -0.39 is 0 Å². The fourth-order valence-corrected chi connectivity index (χ4v) is 4.48. The maximum atomic E-state index is 13.3. The first-order chi connectivity index (χ1) is 14.5. The maximum Gasteiger partial charge on any atom is 0.223 e. The molecule has 0 aliphatic carbocycles. The van der Waals surface area contributed by atoms with Gasteiger partial charge in [0.15, 0.2) is 0 Å². The van der Waals surface area contributed by atoms with Gasteiger partial charge in [0.2, 0.25) is 5.91 Å². The summed E-state index contributed by atoms with van der Waals surface area (Å²) in [6.45, 7) is 6.07. The second-order valence-electron chi connectivity index (χ2n) is 8.00. The van der Waals surface area contributed by atoms with Crippen molar-refractivity contribution in [2.24, 2.45) is 5.92 Å². The number of aryl methyl sites for hydroxylation is 1. The summed E-state index contributed by atoms with van der Waals surface area (Å²) in [6.07, 6.45) is 3.89. The average Bonchev–Trinajstić information content (AvgIpc) is 3.09. The molecule has 4 nitrogen and oxygen atoms in total. The minimum atomic E-state index is -0.277. The molecule has 6 heteroatoms. The molecule has 158 valence electrons. The van der Waals surface area contributed by atoms with Crippen molar-refractivity contribution in [3.8, 4) is 0 Å². The van der Waals surface area contributed by atoms with E-state index in [4.69, 9.17) is 11.6 Å². The molecule has 1 saturated heterocycles. The van der Waals surface area contributed by atoms with Crippen LogP contribution in [0.15, 0.2) is 48.7 Å². The van der Waals surface area contributed by atoms with E-state index in [1.54, 1.807) is 6.07 Å². The molecule has 1 aliphatic heterocycles. The molecule has 0 atom stereocenters. The fourth-order valence-electron chi connectivity index (χ4n) is 4.31. The number of amides is 1. The first-order valence-electron chi connectivity index (χ1n) is 10.5. The summed E-state index contributed by atoms with van der Waals surface area (Å²) in [6, 6.07) is 12.4. The number of fused-ring (bicyclic) bond motifs is 1. The Morgan fingerprint density at radius 3 is 2.73 bits per heavy atom. The van der Waals surface area contributed by atoms with Crippen LogP contribution < -0.4 is 5.32 Å². The average molecular weight is 428 g/mol. The number of aromatic nitrogens is 1. The highest BCUT2D eigenvalue weighted by Gasteiger charge is 2.25. The fraction of sp³-hybridized carbons (Fsp3) is 0.375. The third-order valence-corrected chi connectivity index (χ3v) is 6.21. The van der Waals surface area contributed by atoms with E-state index in [1.165, 1.54) is 28.6 Å². The summed E-state index contributed by atoms with van der Waals surface area (Å²) in [5.74, 6) is -0.199. The quantitative estimate of drug-likeness (QED) is 0.602. The first-order valence-corrected chi connectivity index (χ1v) is 10.9. The van der Waals surface area contributed by atoms with Crippen LogP contribution in [0.1, 0.15) is 30.9 Å². The van der Waals surface area contributed by atoms with E-state index in [0.717, 1.165) is 49.6 Å². The molecule has 0 unspecified atom stereocenters. The Hall–Kier alpha value is -2.37. The molecule has 2 aromatic carbocycles. The SMILES string of the molecule is CCn1cc(CN2CCC(C(=O)NCc3cccc(F)c3)CC2)c2cc(Cl)ccc21. The van der Waals surface area contributed by atoms with Crippen LogP contribution in [-0.2, 0) is 24.4 Å². The van der Waals surface area contributed by atoms with Crippen molar-refractivity contribution in [1.82, 2.24) is 14.8 Å². The topological polar surface area (TPSA) is 37.3 Å². The molecule has 1 N–H and O–H groups in total. The van der Waals surface area contributed by atoms with Gasteiger partial charge in [-0.15, -0.1) is 0 Å². The number of rotatable bonds is 6. The minimum absolute atomic E-state index is 0.0150. The van der Waals surface area contributed by atoms with Crippen molar-refractivity contribution in [3.63, 3.8) is 0 Å². The lowest BCUT2D eigenvalue weighted by Crippen LogP contribution is -2.40. The Morgan fingerprint density at radius 2 is 2.00 bits per heavy atom. The molecule has 2 heterocycles. The van der Waals surface area contributed by atoms with Gasteiger partial charge in [0, 0.05) is 47.7 Å². The van der Waals surface area contributed by atoms with E-state index in [1.807, 2.05) is 18.2 Å². The molecule has 0 radical (unpaired) electrons. The largest absolute Gasteiger partial charge is 0.352 e. The molecule has 30 heavy (non-hydrogen) atoms. The van der Waals surface area contributed by atoms with Crippen LogP contribution >= 0.6 is 11.6 Å². The number of benzene rings is 2. The van der Waals surface area contributed by atoms with Gasteiger partial charge < -0.3 is 9.88 Å². The molecule has 1 aromatic heterocycles. The molecular weight excluding hydrogens is 401 g/mol.